The molecule has 0 fully saturated rings. The summed E-state index contributed by atoms with van der Waals surface area (Å²) in [4.78, 5) is 21.9. The lowest BCUT2D eigenvalue weighted by atomic mass is 10.1. The van der Waals surface area contributed by atoms with Crippen LogP contribution in [0.2, 0.25) is 0 Å². The van der Waals surface area contributed by atoms with Crippen molar-refractivity contribution in [3.05, 3.63) is 29.3 Å². The van der Waals surface area contributed by atoms with Gasteiger partial charge >= 0.3 is 18.2 Å². The maximum absolute atomic E-state index is 12.7. The molecule has 0 saturated heterocycles. The van der Waals surface area contributed by atoms with Gasteiger partial charge in [-0.05, 0) is 31.5 Å². The van der Waals surface area contributed by atoms with Crippen LogP contribution in [0.3, 0.4) is 0 Å². The number of anilines is 1. The predicted molar refractivity (Wildman–Crippen MR) is 65.4 cm³/mol. The van der Waals surface area contributed by atoms with Crippen LogP contribution in [0.25, 0.3) is 0 Å². The van der Waals surface area contributed by atoms with Crippen LogP contribution < -0.4 is 10.6 Å². The number of nitrogens with one attached hydrogen (secondary N) is 2. The van der Waals surface area contributed by atoms with Gasteiger partial charge in [-0.25, -0.2) is 4.79 Å². The van der Waals surface area contributed by atoms with Crippen LogP contribution in [0.4, 0.5) is 23.7 Å². The summed E-state index contributed by atoms with van der Waals surface area (Å²) in [5.41, 5.74) is -0.901. The number of carboxylic acid groups (broad SMARTS) is 1. The Labute approximate surface area is 112 Å². The van der Waals surface area contributed by atoms with E-state index in [-0.39, 0.29) is 11.3 Å². The fraction of sp³-hybridized carbons (Fsp3) is 0.333. The number of aliphatic carboxylic acids is 1. The highest BCUT2D eigenvalue weighted by Crippen LogP contribution is 2.33. The van der Waals surface area contributed by atoms with Crippen molar-refractivity contribution in [3.8, 4) is 0 Å². The molecular weight excluding hydrogens is 277 g/mol. The van der Waals surface area contributed by atoms with Gasteiger partial charge in [0.1, 0.15) is 6.04 Å². The topological polar surface area (TPSA) is 78.4 Å². The molecule has 1 atom stereocenters. The first kappa shape index (κ1) is 15.8. The van der Waals surface area contributed by atoms with E-state index >= 15 is 0 Å². The summed E-state index contributed by atoms with van der Waals surface area (Å²) in [6, 6.07) is 1.27. The molecule has 3 N–H and O–H groups in total. The van der Waals surface area contributed by atoms with E-state index in [4.69, 9.17) is 5.11 Å². The highest BCUT2D eigenvalue weighted by atomic mass is 19.4. The molecular formula is C12H13F3N2O3. The first-order chi connectivity index (χ1) is 9.11. The normalized spacial score (nSPS) is 12.7. The molecule has 110 valence electrons. The Morgan fingerprint density at radius 1 is 1.30 bits per heavy atom. The van der Waals surface area contributed by atoms with Crippen molar-refractivity contribution >= 4 is 17.7 Å². The third kappa shape index (κ3) is 4.15. The van der Waals surface area contributed by atoms with Crippen molar-refractivity contribution in [2.45, 2.75) is 26.1 Å². The van der Waals surface area contributed by atoms with E-state index < -0.39 is 29.8 Å². The van der Waals surface area contributed by atoms with Crippen molar-refractivity contribution in [2.75, 3.05) is 5.32 Å². The lowest BCUT2D eigenvalue weighted by Crippen LogP contribution is -2.40. The number of alkyl halides is 3. The minimum absolute atomic E-state index is 0.0300. The number of carbonyl (C=O) groups is 2. The zero-order chi connectivity index (χ0) is 15.5. The summed E-state index contributed by atoms with van der Waals surface area (Å²) in [6.07, 6.45) is -4.52. The Kier molecular flexibility index (Phi) is 4.59. The van der Waals surface area contributed by atoms with Gasteiger partial charge < -0.3 is 15.7 Å². The standard InChI is InChI=1S/C12H13F3N2O3/c1-6-3-4-8(5-9(6)12(13,14)15)17-11(20)16-7(2)10(18)19/h3-5,7H,1-2H3,(H,18,19)(H2,16,17,20)/t7-/m0/s1. The van der Waals surface area contributed by atoms with Gasteiger partial charge in [0.25, 0.3) is 0 Å². The number of hydrogen-bond acceptors (Lipinski definition) is 2. The number of aryl methyl sites for hydroxylation is 1. The largest absolute Gasteiger partial charge is 0.480 e. The molecule has 8 heteroatoms. The Morgan fingerprint density at radius 3 is 2.40 bits per heavy atom. The molecule has 0 aromatic heterocycles. The molecule has 0 radical (unpaired) electrons. The van der Waals surface area contributed by atoms with Gasteiger partial charge in [-0.1, -0.05) is 6.07 Å². The summed E-state index contributed by atoms with van der Waals surface area (Å²) in [5.74, 6) is -1.25. The average molecular weight is 290 g/mol. The van der Waals surface area contributed by atoms with Crippen LogP contribution in [0.15, 0.2) is 18.2 Å². The monoisotopic (exact) mass is 290 g/mol. The van der Waals surface area contributed by atoms with E-state index in [9.17, 15) is 22.8 Å². The van der Waals surface area contributed by atoms with Gasteiger partial charge in [-0.3, -0.25) is 4.79 Å². The highest BCUT2D eigenvalue weighted by molar-refractivity contribution is 5.92. The zero-order valence-corrected chi connectivity index (χ0v) is 10.7. The molecule has 0 bridgehead atoms. The Bertz CT molecular complexity index is 529. The van der Waals surface area contributed by atoms with Crippen molar-refractivity contribution in [3.63, 3.8) is 0 Å². The molecule has 5 nitrogen and oxygen atoms in total. The second-order valence-corrected chi connectivity index (χ2v) is 4.19. The number of benzene rings is 1. The first-order valence-corrected chi connectivity index (χ1v) is 5.59. The molecule has 0 unspecified atom stereocenters. The molecule has 2 amide bonds. The second-order valence-electron chi connectivity index (χ2n) is 4.19. The molecule has 0 heterocycles. The van der Waals surface area contributed by atoms with Gasteiger partial charge in [-0.15, -0.1) is 0 Å². The number of carbonyl (C=O) groups excluding carboxylic acids is 1. The minimum Gasteiger partial charge on any atom is -0.480 e. The molecule has 1 rings (SSSR count). The Balaban J connectivity index is 2.84. The van der Waals surface area contributed by atoms with Crippen molar-refractivity contribution < 1.29 is 27.9 Å². The van der Waals surface area contributed by atoms with E-state index in [1.54, 1.807) is 0 Å². The molecule has 1 aromatic carbocycles. The highest BCUT2D eigenvalue weighted by Gasteiger charge is 2.32. The van der Waals surface area contributed by atoms with E-state index in [2.05, 4.69) is 10.6 Å². The van der Waals surface area contributed by atoms with Crippen molar-refractivity contribution in [1.82, 2.24) is 5.32 Å². The molecule has 20 heavy (non-hydrogen) atoms. The van der Waals surface area contributed by atoms with Crippen molar-refractivity contribution in [1.29, 1.82) is 0 Å². The minimum atomic E-state index is -4.52. The molecule has 1 aromatic rings. The third-order valence-corrected chi connectivity index (χ3v) is 2.52. The summed E-state index contributed by atoms with van der Waals surface area (Å²) in [5, 5.41) is 12.8. The van der Waals surface area contributed by atoms with Gasteiger partial charge in [0, 0.05) is 5.69 Å². The summed E-state index contributed by atoms with van der Waals surface area (Å²) in [7, 11) is 0. The van der Waals surface area contributed by atoms with Crippen LogP contribution in [-0.4, -0.2) is 23.1 Å². The van der Waals surface area contributed by atoms with E-state index in [0.717, 1.165) is 6.07 Å². The van der Waals surface area contributed by atoms with Gasteiger partial charge in [0.15, 0.2) is 0 Å². The van der Waals surface area contributed by atoms with Crippen LogP contribution in [-0.2, 0) is 11.0 Å². The average Bonchev–Trinajstić information content (AvgIpc) is 2.29. The summed E-state index contributed by atoms with van der Waals surface area (Å²) in [6.45, 7) is 2.54. The van der Waals surface area contributed by atoms with Crippen LogP contribution in [0.1, 0.15) is 18.1 Å². The zero-order valence-electron chi connectivity index (χ0n) is 10.7. The fourth-order valence-corrected chi connectivity index (χ4v) is 1.43. The SMILES string of the molecule is Cc1ccc(NC(=O)N[C@@H](C)C(=O)O)cc1C(F)(F)F. The van der Waals surface area contributed by atoms with Crippen LogP contribution in [0.5, 0.6) is 0 Å². The van der Waals surface area contributed by atoms with Crippen LogP contribution >= 0.6 is 0 Å². The maximum Gasteiger partial charge on any atom is 0.416 e. The van der Waals surface area contributed by atoms with Crippen molar-refractivity contribution in [2.24, 2.45) is 0 Å². The maximum atomic E-state index is 12.7. The number of urea groups is 1. The number of halogens is 3. The third-order valence-electron chi connectivity index (χ3n) is 2.52. The molecule has 0 spiro atoms. The molecule has 0 aliphatic heterocycles. The van der Waals surface area contributed by atoms with Gasteiger partial charge in [0.2, 0.25) is 0 Å². The quantitative estimate of drug-likeness (QED) is 0.800. The van der Waals surface area contributed by atoms with E-state index in [1.165, 1.54) is 26.0 Å². The predicted octanol–water partition coefficient (Wildman–Crippen LogP) is 2.61. The van der Waals surface area contributed by atoms with Gasteiger partial charge in [-0.2, -0.15) is 13.2 Å². The van der Waals surface area contributed by atoms with Gasteiger partial charge in [0.05, 0.1) is 5.56 Å². The van der Waals surface area contributed by atoms with Crippen LogP contribution in [0, 0.1) is 6.92 Å². The second kappa shape index (κ2) is 5.81. The first-order valence-electron chi connectivity index (χ1n) is 5.59. The van der Waals surface area contributed by atoms with E-state index in [0.29, 0.717) is 0 Å². The number of amides is 2. The lowest BCUT2D eigenvalue weighted by Gasteiger charge is -2.14. The number of rotatable bonds is 3. The Morgan fingerprint density at radius 2 is 1.90 bits per heavy atom. The lowest BCUT2D eigenvalue weighted by molar-refractivity contribution is -0.139. The fourth-order valence-electron chi connectivity index (χ4n) is 1.43. The summed E-state index contributed by atoms with van der Waals surface area (Å²) >= 11 is 0. The molecule has 0 aliphatic rings. The van der Waals surface area contributed by atoms with E-state index in [1.807, 2.05) is 0 Å². The summed E-state index contributed by atoms with van der Waals surface area (Å²) < 4.78 is 38.0. The Hall–Kier alpha value is -2.25. The number of carboxylic acids is 1. The smallest absolute Gasteiger partial charge is 0.416 e. The number of hydrogen-bond donors (Lipinski definition) is 3. The molecule has 0 aliphatic carbocycles. The molecule has 0 saturated carbocycles.